The lowest BCUT2D eigenvalue weighted by atomic mass is 9.92. The molecule has 2 aromatic rings. The summed E-state index contributed by atoms with van der Waals surface area (Å²) in [5.41, 5.74) is -4.58. The zero-order chi connectivity index (χ0) is 18.0. The van der Waals surface area contributed by atoms with Crippen LogP contribution in [0.15, 0.2) is 42.6 Å². The van der Waals surface area contributed by atoms with Gasteiger partial charge in [-0.25, -0.2) is 9.37 Å². The third-order valence-corrected chi connectivity index (χ3v) is 3.48. The number of carbonyl (C=O) groups is 1. The molecule has 0 aliphatic rings. The number of alkyl halides is 3. The average Bonchev–Trinajstić information content (AvgIpc) is 2.54. The Kier molecular flexibility index (Phi) is 5.10. The Morgan fingerprint density at radius 2 is 1.88 bits per heavy atom. The molecule has 1 atom stereocenters. The third kappa shape index (κ3) is 3.49. The van der Waals surface area contributed by atoms with Crippen LogP contribution in [0.25, 0.3) is 0 Å². The summed E-state index contributed by atoms with van der Waals surface area (Å²) in [5, 5.41) is 11.8. The highest BCUT2D eigenvalue weighted by molar-refractivity contribution is 6.29. The predicted molar refractivity (Wildman–Crippen MR) is 77.4 cm³/mol. The van der Waals surface area contributed by atoms with E-state index in [4.69, 9.17) is 11.6 Å². The molecule has 1 amide bonds. The van der Waals surface area contributed by atoms with E-state index in [1.54, 1.807) is 0 Å². The van der Waals surface area contributed by atoms with Crippen LogP contribution in [0, 0.1) is 5.82 Å². The molecule has 24 heavy (non-hydrogen) atoms. The van der Waals surface area contributed by atoms with Gasteiger partial charge in [0.05, 0.1) is 6.20 Å². The van der Waals surface area contributed by atoms with Gasteiger partial charge < -0.3 is 10.4 Å². The van der Waals surface area contributed by atoms with Crippen molar-refractivity contribution >= 4 is 17.5 Å². The second kappa shape index (κ2) is 6.74. The molecule has 0 aliphatic carbocycles. The summed E-state index contributed by atoms with van der Waals surface area (Å²) in [7, 11) is 0. The molecule has 0 bridgehead atoms. The minimum Gasteiger partial charge on any atom is -0.369 e. The number of carbonyl (C=O) groups excluding carboxylic acids is 1. The lowest BCUT2D eigenvalue weighted by molar-refractivity contribution is -0.257. The monoisotopic (exact) mass is 362 g/mol. The molecule has 9 heteroatoms. The topological polar surface area (TPSA) is 62.2 Å². The third-order valence-electron chi connectivity index (χ3n) is 3.27. The van der Waals surface area contributed by atoms with Gasteiger partial charge in [-0.3, -0.25) is 4.79 Å². The van der Waals surface area contributed by atoms with Gasteiger partial charge in [-0.1, -0.05) is 41.9 Å². The van der Waals surface area contributed by atoms with Crippen molar-refractivity contribution in [2.45, 2.75) is 18.3 Å². The molecule has 1 heterocycles. The molecule has 0 spiro atoms. The van der Waals surface area contributed by atoms with Crippen molar-refractivity contribution in [3.63, 3.8) is 0 Å². The minimum absolute atomic E-state index is 0.0882. The predicted octanol–water partition coefficient (Wildman–Crippen LogP) is 2.94. The molecular formula is C15H11ClF4N2O2. The maximum absolute atomic E-state index is 13.5. The van der Waals surface area contributed by atoms with Gasteiger partial charge >= 0.3 is 6.18 Å². The van der Waals surface area contributed by atoms with Gasteiger partial charge in [0.1, 0.15) is 11.0 Å². The second-order valence-corrected chi connectivity index (χ2v) is 5.24. The fourth-order valence-electron chi connectivity index (χ4n) is 1.99. The first-order valence-corrected chi connectivity index (χ1v) is 6.97. The number of halogens is 5. The molecular weight excluding hydrogens is 352 g/mol. The van der Waals surface area contributed by atoms with Crippen molar-refractivity contribution in [2.75, 3.05) is 0 Å². The molecule has 4 nitrogen and oxygen atoms in total. The van der Waals surface area contributed by atoms with E-state index >= 15 is 0 Å². The van der Waals surface area contributed by atoms with E-state index in [9.17, 15) is 27.5 Å². The summed E-state index contributed by atoms with van der Waals surface area (Å²) >= 11 is 5.57. The molecule has 0 unspecified atom stereocenters. The highest BCUT2D eigenvalue weighted by Gasteiger charge is 2.60. The van der Waals surface area contributed by atoms with Crippen LogP contribution in [0.3, 0.4) is 0 Å². The number of nitrogens with one attached hydrogen (secondary N) is 1. The van der Waals surface area contributed by atoms with Crippen LogP contribution in [0.4, 0.5) is 17.6 Å². The molecule has 0 fully saturated rings. The largest absolute Gasteiger partial charge is 0.430 e. The zero-order valence-electron chi connectivity index (χ0n) is 11.9. The molecule has 2 rings (SSSR count). The number of aromatic nitrogens is 1. The molecule has 0 aliphatic heterocycles. The van der Waals surface area contributed by atoms with Crippen LogP contribution in [-0.2, 0) is 16.9 Å². The van der Waals surface area contributed by atoms with E-state index in [2.05, 4.69) is 4.98 Å². The second-order valence-electron chi connectivity index (χ2n) is 4.86. The Morgan fingerprint density at radius 1 is 1.25 bits per heavy atom. The summed E-state index contributed by atoms with van der Waals surface area (Å²) in [6, 6.07) is 6.94. The van der Waals surface area contributed by atoms with Crippen molar-refractivity contribution in [3.8, 4) is 0 Å². The van der Waals surface area contributed by atoms with E-state index in [0.717, 1.165) is 24.4 Å². The van der Waals surface area contributed by atoms with Crippen molar-refractivity contribution in [2.24, 2.45) is 0 Å². The lowest BCUT2D eigenvalue weighted by Gasteiger charge is -2.29. The number of aliphatic hydroxyl groups is 1. The van der Waals surface area contributed by atoms with E-state index in [-0.39, 0.29) is 10.7 Å². The number of benzene rings is 1. The van der Waals surface area contributed by atoms with Gasteiger partial charge in [0.25, 0.3) is 11.5 Å². The van der Waals surface area contributed by atoms with Crippen LogP contribution in [0.1, 0.15) is 11.1 Å². The molecule has 0 saturated carbocycles. The molecule has 1 aromatic carbocycles. The number of hydrogen-bond donors (Lipinski definition) is 2. The normalized spacial score (nSPS) is 14.1. The van der Waals surface area contributed by atoms with Gasteiger partial charge in [0.2, 0.25) is 0 Å². The van der Waals surface area contributed by atoms with E-state index in [1.165, 1.54) is 18.2 Å². The average molecular weight is 363 g/mol. The maximum atomic E-state index is 13.5. The van der Waals surface area contributed by atoms with E-state index in [1.807, 2.05) is 5.32 Å². The number of rotatable bonds is 4. The lowest BCUT2D eigenvalue weighted by Crippen LogP contribution is -2.54. The van der Waals surface area contributed by atoms with Crippen molar-refractivity contribution < 1.29 is 27.5 Å². The van der Waals surface area contributed by atoms with Crippen LogP contribution >= 0.6 is 11.6 Å². The first-order valence-electron chi connectivity index (χ1n) is 6.59. The number of nitrogens with zero attached hydrogens (tertiary/aromatic N) is 1. The van der Waals surface area contributed by atoms with Crippen molar-refractivity contribution in [1.29, 1.82) is 0 Å². The van der Waals surface area contributed by atoms with E-state index in [0.29, 0.717) is 0 Å². The SMILES string of the molecule is O=C(NCc1cc(Cl)ncc1F)[C@](O)(c1ccccc1)C(F)(F)F. The highest BCUT2D eigenvalue weighted by atomic mass is 35.5. The van der Waals surface area contributed by atoms with Gasteiger partial charge in [0.15, 0.2) is 0 Å². The Balaban J connectivity index is 2.28. The Morgan fingerprint density at radius 3 is 2.46 bits per heavy atom. The van der Waals surface area contributed by atoms with Gasteiger partial charge in [-0.15, -0.1) is 0 Å². The van der Waals surface area contributed by atoms with Gasteiger partial charge in [0, 0.05) is 17.7 Å². The van der Waals surface area contributed by atoms with Crippen LogP contribution in [0.5, 0.6) is 0 Å². The first-order chi connectivity index (χ1) is 11.2. The molecule has 128 valence electrons. The summed E-state index contributed by atoms with van der Waals surface area (Å²) < 4.78 is 53.4. The quantitative estimate of drug-likeness (QED) is 0.649. The van der Waals surface area contributed by atoms with Crippen LogP contribution < -0.4 is 5.32 Å². The number of hydrogen-bond acceptors (Lipinski definition) is 3. The fraction of sp³-hybridized carbons (Fsp3) is 0.200. The summed E-state index contributed by atoms with van der Waals surface area (Å²) in [5.74, 6) is -2.58. The molecule has 1 aromatic heterocycles. The minimum atomic E-state index is -5.27. The number of amides is 1. The van der Waals surface area contributed by atoms with Crippen LogP contribution in [0.2, 0.25) is 5.15 Å². The zero-order valence-corrected chi connectivity index (χ0v) is 12.7. The highest BCUT2D eigenvalue weighted by Crippen LogP contribution is 2.39. The number of pyridine rings is 1. The first kappa shape index (κ1) is 18.2. The van der Waals surface area contributed by atoms with E-state index < -0.39 is 35.6 Å². The fourth-order valence-corrected chi connectivity index (χ4v) is 2.17. The smallest absolute Gasteiger partial charge is 0.369 e. The Labute approximate surface area is 139 Å². The molecule has 2 N–H and O–H groups in total. The summed E-state index contributed by atoms with van der Waals surface area (Å²) in [6.07, 6.45) is -4.50. The Hall–Kier alpha value is -2.19. The standard InChI is InChI=1S/C15H11ClF4N2O2/c16-12-6-9(11(17)8-21-12)7-22-13(23)14(24,15(18,19)20)10-4-2-1-3-5-10/h1-6,8,24H,7H2,(H,22,23)/t14-/m1/s1. The summed E-state index contributed by atoms with van der Waals surface area (Å²) in [6.45, 7) is -0.599. The van der Waals surface area contributed by atoms with Crippen molar-refractivity contribution in [1.82, 2.24) is 10.3 Å². The Bertz CT molecular complexity index is 740. The van der Waals surface area contributed by atoms with Crippen molar-refractivity contribution in [3.05, 3.63) is 64.7 Å². The molecule has 0 saturated heterocycles. The van der Waals surface area contributed by atoms with Gasteiger partial charge in [-0.2, -0.15) is 13.2 Å². The summed E-state index contributed by atoms with van der Waals surface area (Å²) in [4.78, 5) is 15.5. The van der Waals surface area contributed by atoms with Gasteiger partial charge in [-0.05, 0) is 6.07 Å². The molecule has 0 radical (unpaired) electrons. The van der Waals surface area contributed by atoms with Crippen LogP contribution in [-0.4, -0.2) is 22.2 Å². The maximum Gasteiger partial charge on any atom is 0.430 e.